The monoisotopic (exact) mass is 362 g/mol. The Morgan fingerprint density at radius 3 is 2.58 bits per heavy atom. The summed E-state index contributed by atoms with van der Waals surface area (Å²) in [6.07, 6.45) is 1.90. The molecule has 0 aliphatic carbocycles. The van der Waals surface area contributed by atoms with Crippen LogP contribution in [0.3, 0.4) is 0 Å². The van der Waals surface area contributed by atoms with Crippen LogP contribution in [0.4, 0.5) is 10.5 Å². The second-order valence-electron chi connectivity index (χ2n) is 5.52. The first-order valence-corrected chi connectivity index (χ1v) is 9.33. The molecule has 1 aliphatic rings. The van der Waals surface area contributed by atoms with Crippen molar-refractivity contribution in [2.75, 3.05) is 31.3 Å². The summed E-state index contributed by atoms with van der Waals surface area (Å²) < 4.78 is 5.80. The number of morpholine rings is 1. The van der Waals surface area contributed by atoms with E-state index < -0.39 is 0 Å². The summed E-state index contributed by atoms with van der Waals surface area (Å²) in [4.78, 5) is 15.4. The normalized spacial score (nSPS) is 17.6. The van der Waals surface area contributed by atoms with Gasteiger partial charge in [0.15, 0.2) is 0 Å². The van der Waals surface area contributed by atoms with Crippen molar-refractivity contribution >= 4 is 35.1 Å². The van der Waals surface area contributed by atoms with Gasteiger partial charge in [-0.1, -0.05) is 23.7 Å². The average Bonchev–Trinajstić information content (AvgIpc) is 2.63. The molecule has 6 heteroatoms. The summed E-state index contributed by atoms with van der Waals surface area (Å²) in [5, 5.41) is 3.64. The highest BCUT2D eigenvalue weighted by atomic mass is 35.5. The van der Waals surface area contributed by atoms with Crippen LogP contribution in [0.2, 0.25) is 5.02 Å². The van der Waals surface area contributed by atoms with E-state index in [0.717, 1.165) is 11.3 Å². The molecule has 1 heterocycles. The fourth-order valence-corrected chi connectivity index (χ4v) is 3.12. The van der Waals surface area contributed by atoms with Crippen molar-refractivity contribution in [1.82, 2.24) is 4.90 Å². The van der Waals surface area contributed by atoms with Crippen LogP contribution < -0.4 is 5.32 Å². The fraction of sp³-hybridized carbons (Fsp3) is 0.278. The zero-order chi connectivity index (χ0) is 16.9. The minimum absolute atomic E-state index is 0.103. The van der Waals surface area contributed by atoms with E-state index in [2.05, 4.69) is 5.32 Å². The number of ether oxygens (including phenoxy) is 1. The number of nitrogens with zero attached hydrogens (tertiary/aromatic N) is 1. The van der Waals surface area contributed by atoms with Crippen LogP contribution >= 0.6 is 23.4 Å². The number of carbonyl (C=O) groups is 1. The Morgan fingerprint density at radius 1 is 1.21 bits per heavy atom. The molecule has 0 aromatic heterocycles. The number of urea groups is 1. The number of nitrogens with one attached hydrogen (secondary N) is 1. The van der Waals surface area contributed by atoms with Crippen molar-refractivity contribution in [3.63, 3.8) is 0 Å². The molecule has 0 bridgehead atoms. The Kier molecular flexibility index (Phi) is 5.66. The van der Waals surface area contributed by atoms with E-state index in [1.807, 2.05) is 54.8 Å². The van der Waals surface area contributed by atoms with Crippen molar-refractivity contribution < 1.29 is 9.53 Å². The van der Waals surface area contributed by atoms with Gasteiger partial charge in [0.25, 0.3) is 0 Å². The Bertz CT molecular complexity index is 691. The highest BCUT2D eigenvalue weighted by Gasteiger charge is 2.25. The summed E-state index contributed by atoms with van der Waals surface area (Å²) in [7, 11) is 0. The van der Waals surface area contributed by atoms with Gasteiger partial charge < -0.3 is 15.0 Å². The SMILES string of the molecule is CSc1ccc(NC(=O)N2CCOC(c3ccc(Cl)cc3)C2)cc1. The van der Waals surface area contributed by atoms with Crippen LogP contribution in [0.1, 0.15) is 11.7 Å². The van der Waals surface area contributed by atoms with Crippen molar-refractivity contribution in [2.45, 2.75) is 11.0 Å². The van der Waals surface area contributed by atoms with Crippen LogP contribution in [0.5, 0.6) is 0 Å². The summed E-state index contributed by atoms with van der Waals surface area (Å²) in [5.41, 5.74) is 1.83. The van der Waals surface area contributed by atoms with Gasteiger partial charge in [0, 0.05) is 22.2 Å². The van der Waals surface area contributed by atoms with Crippen molar-refractivity contribution in [2.24, 2.45) is 0 Å². The molecule has 2 amide bonds. The summed E-state index contributed by atoms with van der Waals surface area (Å²) in [6, 6.07) is 15.3. The molecular formula is C18H19ClN2O2S. The first-order valence-electron chi connectivity index (χ1n) is 7.73. The molecule has 1 N–H and O–H groups in total. The van der Waals surface area contributed by atoms with Gasteiger partial charge in [0.1, 0.15) is 6.10 Å². The standard InChI is InChI=1S/C18H19ClN2O2S/c1-24-16-8-6-15(7-9-16)20-18(22)21-10-11-23-17(12-21)13-2-4-14(19)5-3-13/h2-9,17H,10-12H2,1H3,(H,20,22). The highest BCUT2D eigenvalue weighted by Crippen LogP contribution is 2.24. The van der Waals surface area contributed by atoms with Gasteiger partial charge in [-0.3, -0.25) is 0 Å². The molecule has 2 aromatic rings. The van der Waals surface area contributed by atoms with Crippen LogP contribution in [0, 0.1) is 0 Å². The van der Waals surface area contributed by atoms with Gasteiger partial charge in [-0.05, 0) is 48.2 Å². The number of rotatable bonds is 3. The molecule has 24 heavy (non-hydrogen) atoms. The number of anilines is 1. The second kappa shape index (κ2) is 7.92. The molecule has 1 saturated heterocycles. The number of halogens is 1. The maximum Gasteiger partial charge on any atom is 0.322 e. The smallest absolute Gasteiger partial charge is 0.322 e. The maximum atomic E-state index is 12.5. The van der Waals surface area contributed by atoms with Crippen molar-refractivity contribution in [3.05, 3.63) is 59.1 Å². The lowest BCUT2D eigenvalue weighted by molar-refractivity contribution is -0.0135. The van der Waals surface area contributed by atoms with E-state index in [-0.39, 0.29) is 12.1 Å². The zero-order valence-electron chi connectivity index (χ0n) is 13.4. The number of benzene rings is 2. The predicted molar refractivity (Wildman–Crippen MR) is 99.0 cm³/mol. The molecule has 0 radical (unpaired) electrons. The third-order valence-electron chi connectivity index (χ3n) is 3.94. The molecule has 4 nitrogen and oxygen atoms in total. The molecule has 0 saturated carbocycles. The largest absolute Gasteiger partial charge is 0.370 e. The lowest BCUT2D eigenvalue weighted by atomic mass is 10.1. The van der Waals surface area contributed by atoms with Crippen LogP contribution in [0.15, 0.2) is 53.4 Å². The van der Waals surface area contributed by atoms with Gasteiger partial charge in [-0.2, -0.15) is 0 Å². The summed E-state index contributed by atoms with van der Waals surface area (Å²) in [5.74, 6) is 0. The summed E-state index contributed by atoms with van der Waals surface area (Å²) in [6.45, 7) is 1.63. The molecule has 0 spiro atoms. The molecule has 126 valence electrons. The molecule has 1 fully saturated rings. The van der Waals surface area contributed by atoms with E-state index in [4.69, 9.17) is 16.3 Å². The number of carbonyl (C=O) groups excluding carboxylic acids is 1. The first-order chi connectivity index (χ1) is 11.7. The number of amides is 2. The Balaban J connectivity index is 1.63. The van der Waals surface area contributed by atoms with Gasteiger partial charge in [-0.15, -0.1) is 11.8 Å². The maximum absolute atomic E-state index is 12.5. The van der Waals surface area contributed by atoms with Crippen LogP contribution in [0.25, 0.3) is 0 Å². The Hall–Kier alpha value is -1.69. The lowest BCUT2D eigenvalue weighted by Crippen LogP contribution is -2.44. The van der Waals surface area contributed by atoms with Gasteiger partial charge in [-0.25, -0.2) is 4.79 Å². The van der Waals surface area contributed by atoms with E-state index in [0.29, 0.717) is 24.7 Å². The van der Waals surface area contributed by atoms with E-state index in [1.165, 1.54) is 4.90 Å². The molecule has 1 aliphatic heterocycles. The molecule has 1 unspecified atom stereocenters. The lowest BCUT2D eigenvalue weighted by Gasteiger charge is -2.33. The Morgan fingerprint density at radius 2 is 1.92 bits per heavy atom. The summed E-state index contributed by atoms with van der Waals surface area (Å²) >= 11 is 7.60. The quantitative estimate of drug-likeness (QED) is 0.807. The second-order valence-corrected chi connectivity index (χ2v) is 6.83. The molecule has 3 rings (SSSR count). The number of thioether (sulfide) groups is 1. The molecular weight excluding hydrogens is 344 g/mol. The average molecular weight is 363 g/mol. The van der Waals surface area contributed by atoms with Crippen LogP contribution in [-0.4, -0.2) is 36.9 Å². The van der Waals surface area contributed by atoms with E-state index >= 15 is 0 Å². The number of hydrogen-bond acceptors (Lipinski definition) is 3. The first kappa shape index (κ1) is 17.1. The van der Waals surface area contributed by atoms with Crippen molar-refractivity contribution in [1.29, 1.82) is 0 Å². The zero-order valence-corrected chi connectivity index (χ0v) is 14.9. The van der Waals surface area contributed by atoms with Gasteiger partial charge in [0.2, 0.25) is 0 Å². The number of hydrogen-bond donors (Lipinski definition) is 1. The van der Waals surface area contributed by atoms with E-state index in [9.17, 15) is 4.79 Å². The predicted octanol–water partition coefficient (Wildman–Crippen LogP) is 4.67. The third kappa shape index (κ3) is 4.23. The van der Waals surface area contributed by atoms with Crippen molar-refractivity contribution in [3.8, 4) is 0 Å². The molecule has 1 atom stereocenters. The van der Waals surface area contributed by atoms with Gasteiger partial charge >= 0.3 is 6.03 Å². The topological polar surface area (TPSA) is 41.6 Å². The molecule has 2 aromatic carbocycles. The van der Waals surface area contributed by atoms with Gasteiger partial charge in [0.05, 0.1) is 13.2 Å². The third-order valence-corrected chi connectivity index (χ3v) is 4.93. The minimum atomic E-state index is -0.124. The highest BCUT2D eigenvalue weighted by molar-refractivity contribution is 7.98. The fourth-order valence-electron chi connectivity index (χ4n) is 2.59. The van der Waals surface area contributed by atoms with E-state index in [1.54, 1.807) is 16.7 Å². The Labute approximate surface area is 151 Å². The minimum Gasteiger partial charge on any atom is -0.370 e. The van der Waals surface area contributed by atoms with Crippen LogP contribution in [-0.2, 0) is 4.74 Å².